The van der Waals surface area contributed by atoms with E-state index in [0.29, 0.717) is 5.39 Å². The fraction of sp³-hybridized carbons (Fsp3) is 0.333. The summed E-state index contributed by atoms with van der Waals surface area (Å²) >= 11 is 0. The van der Waals surface area contributed by atoms with Crippen molar-refractivity contribution in [1.82, 2.24) is 14.8 Å². The molecule has 112 valence electrons. The molecule has 22 heavy (non-hydrogen) atoms. The SMILES string of the molecule is O=c1c2cnc3c(c2[nH]n1-c1ccccc1)CCCCCC3. The van der Waals surface area contributed by atoms with E-state index in [-0.39, 0.29) is 5.56 Å². The first kappa shape index (κ1) is 13.3. The Morgan fingerprint density at radius 3 is 2.59 bits per heavy atom. The molecule has 0 saturated carbocycles. The van der Waals surface area contributed by atoms with Gasteiger partial charge in [0, 0.05) is 11.9 Å². The maximum atomic E-state index is 12.7. The predicted molar refractivity (Wildman–Crippen MR) is 87.6 cm³/mol. The summed E-state index contributed by atoms with van der Waals surface area (Å²) < 4.78 is 1.63. The average molecular weight is 293 g/mol. The molecule has 0 spiro atoms. The van der Waals surface area contributed by atoms with Gasteiger partial charge in [-0.2, -0.15) is 0 Å². The highest BCUT2D eigenvalue weighted by atomic mass is 16.1. The lowest BCUT2D eigenvalue weighted by Gasteiger charge is -2.13. The second kappa shape index (κ2) is 5.44. The highest BCUT2D eigenvalue weighted by Crippen LogP contribution is 2.24. The van der Waals surface area contributed by atoms with Crippen LogP contribution in [0.4, 0.5) is 0 Å². The highest BCUT2D eigenvalue weighted by molar-refractivity contribution is 5.81. The Hall–Kier alpha value is -2.36. The van der Waals surface area contributed by atoms with Crippen LogP contribution in [-0.2, 0) is 12.8 Å². The van der Waals surface area contributed by atoms with E-state index < -0.39 is 0 Å². The first-order chi connectivity index (χ1) is 10.8. The molecule has 2 aromatic heterocycles. The second-order valence-corrected chi connectivity index (χ2v) is 5.97. The zero-order chi connectivity index (χ0) is 14.9. The number of nitrogens with one attached hydrogen (secondary N) is 1. The van der Waals surface area contributed by atoms with E-state index in [2.05, 4.69) is 10.1 Å². The van der Waals surface area contributed by atoms with Gasteiger partial charge in [0.1, 0.15) is 0 Å². The van der Waals surface area contributed by atoms with E-state index in [1.54, 1.807) is 10.9 Å². The minimum Gasteiger partial charge on any atom is -0.290 e. The van der Waals surface area contributed by atoms with Gasteiger partial charge < -0.3 is 0 Å². The summed E-state index contributed by atoms with van der Waals surface area (Å²) in [4.78, 5) is 17.2. The molecule has 0 radical (unpaired) electrons. The summed E-state index contributed by atoms with van der Waals surface area (Å²) in [5.41, 5.74) is 4.22. The molecule has 2 heterocycles. The van der Waals surface area contributed by atoms with Gasteiger partial charge in [-0.1, -0.05) is 31.0 Å². The number of nitrogens with zero attached hydrogens (tertiary/aromatic N) is 2. The Bertz CT molecular complexity index is 861. The number of aromatic nitrogens is 3. The van der Waals surface area contributed by atoms with Crippen LogP contribution in [0.15, 0.2) is 41.3 Å². The third-order valence-electron chi connectivity index (χ3n) is 4.53. The second-order valence-electron chi connectivity index (χ2n) is 5.97. The molecule has 0 amide bonds. The Labute approximate surface area is 128 Å². The van der Waals surface area contributed by atoms with Gasteiger partial charge in [0.2, 0.25) is 0 Å². The number of hydrogen-bond donors (Lipinski definition) is 1. The van der Waals surface area contributed by atoms with E-state index in [1.165, 1.54) is 31.2 Å². The summed E-state index contributed by atoms with van der Waals surface area (Å²) in [5, 5.41) is 4.02. The van der Waals surface area contributed by atoms with Crippen molar-refractivity contribution in [3.05, 3.63) is 58.1 Å². The number of hydrogen-bond acceptors (Lipinski definition) is 2. The summed E-state index contributed by atoms with van der Waals surface area (Å²) in [5.74, 6) is 0. The monoisotopic (exact) mass is 293 g/mol. The van der Waals surface area contributed by atoms with Crippen LogP contribution in [0.1, 0.15) is 36.9 Å². The van der Waals surface area contributed by atoms with Crippen LogP contribution in [-0.4, -0.2) is 14.8 Å². The van der Waals surface area contributed by atoms with Crippen LogP contribution in [0.3, 0.4) is 0 Å². The zero-order valence-electron chi connectivity index (χ0n) is 12.5. The highest BCUT2D eigenvalue weighted by Gasteiger charge is 2.17. The average Bonchev–Trinajstić information content (AvgIpc) is 2.86. The lowest BCUT2D eigenvalue weighted by molar-refractivity contribution is 0.610. The number of benzene rings is 1. The van der Waals surface area contributed by atoms with Crippen LogP contribution in [0.5, 0.6) is 0 Å². The standard InChI is InChI=1S/C18H19N3O/c22-18-15-12-19-16-11-7-2-1-6-10-14(16)17(15)20-21(18)13-8-4-3-5-9-13/h3-5,8-9,12,20H,1-2,6-7,10-11H2. The van der Waals surface area contributed by atoms with Crippen molar-refractivity contribution in [3.8, 4) is 5.69 Å². The molecular formula is C18H19N3O. The van der Waals surface area contributed by atoms with Crippen molar-refractivity contribution in [1.29, 1.82) is 0 Å². The van der Waals surface area contributed by atoms with Crippen LogP contribution < -0.4 is 5.56 Å². The van der Waals surface area contributed by atoms with Crippen LogP contribution in [0.25, 0.3) is 16.6 Å². The predicted octanol–water partition coefficient (Wildman–Crippen LogP) is 3.37. The molecule has 4 rings (SSSR count). The maximum Gasteiger partial charge on any atom is 0.280 e. The molecule has 0 unspecified atom stereocenters. The van der Waals surface area contributed by atoms with Crippen molar-refractivity contribution >= 4 is 10.9 Å². The van der Waals surface area contributed by atoms with E-state index in [0.717, 1.165) is 29.7 Å². The van der Waals surface area contributed by atoms with Gasteiger partial charge in [0.25, 0.3) is 5.56 Å². The third kappa shape index (κ3) is 2.15. The third-order valence-corrected chi connectivity index (χ3v) is 4.53. The number of para-hydroxylation sites is 1. The Balaban J connectivity index is 1.94. The summed E-state index contributed by atoms with van der Waals surface area (Å²) in [6.45, 7) is 0. The molecule has 0 atom stereocenters. The molecule has 0 aliphatic heterocycles. The topological polar surface area (TPSA) is 50.7 Å². The number of pyridine rings is 1. The molecule has 0 fully saturated rings. The Morgan fingerprint density at radius 2 is 1.77 bits per heavy atom. The van der Waals surface area contributed by atoms with Gasteiger partial charge in [-0.15, -0.1) is 0 Å². The van der Waals surface area contributed by atoms with Gasteiger partial charge >= 0.3 is 0 Å². The van der Waals surface area contributed by atoms with Crippen molar-refractivity contribution in [2.75, 3.05) is 0 Å². The smallest absolute Gasteiger partial charge is 0.280 e. The van der Waals surface area contributed by atoms with Crippen LogP contribution in [0.2, 0.25) is 0 Å². The van der Waals surface area contributed by atoms with E-state index in [1.807, 2.05) is 30.3 Å². The lowest BCUT2D eigenvalue weighted by atomic mass is 9.96. The molecule has 4 nitrogen and oxygen atoms in total. The fourth-order valence-electron chi connectivity index (χ4n) is 3.36. The molecule has 4 heteroatoms. The normalized spacial score (nSPS) is 15.3. The summed E-state index contributed by atoms with van der Waals surface area (Å²) in [6, 6.07) is 9.71. The number of aromatic amines is 1. The first-order valence-electron chi connectivity index (χ1n) is 8.01. The minimum absolute atomic E-state index is 0.0152. The number of aryl methyl sites for hydroxylation is 2. The van der Waals surface area contributed by atoms with Crippen molar-refractivity contribution in [2.45, 2.75) is 38.5 Å². The summed E-state index contributed by atoms with van der Waals surface area (Å²) in [7, 11) is 0. The number of rotatable bonds is 1. The molecule has 1 aliphatic carbocycles. The number of H-pyrrole nitrogens is 1. The van der Waals surface area contributed by atoms with Crippen molar-refractivity contribution in [2.24, 2.45) is 0 Å². The van der Waals surface area contributed by atoms with Crippen LogP contribution in [0, 0.1) is 0 Å². The van der Waals surface area contributed by atoms with Gasteiger partial charge in [-0.3, -0.25) is 14.9 Å². The van der Waals surface area contributed by atoms with Gasteiger partial charge in [-0.05, 0) is 43.4 Å². The van der Waals surface area contributed by atoms with Gasteiger partial charge in [0.15, 0.2) is 0 Å². The van der Waals surface area contributed by atoms with Crippen molar-refractivity contribution in [3.63, 3.8) is 0 Å². The lowest BCUT2D eigenvalue weighted by Crippen LogP contribution is -2.13. The largest absolute Gasteiger partial charge is 0.290 e. The Morgan fingerprint density at radius 1 is 1.00 bits per heavy atom. The first-order valence-corrected chi connectivity index (χ1v) is 8.01. The molecule has 1 aliphatic rings. The maximum absolute atomic E-state index is 12.7. The molecule has 3 aromatic rings. The molecule has 0 saturated heterocycles. The van der Waals surface area contributed by atoms with E-state index in [4.69, 9.17) is 0 Å². The minimum atomic E-state index is -0.0152. The molecule has 1 aromatic carbocycles. The quantitative estimate of drug-likeness (QED) is 0.748. The molecular weight excluding hydrogens is 274 g/mol. The van der Waals surface area contributed by atoms with E-state index >= 15 is 0 Å². The Kier molecular flexibility index (Phi) is 3.29. The fourth-order valence-corrected chi connectivity index (χ4v) is 3.36. The van der Waals surface area contributed by atoms with E-state index in [9.17, 15) is 4.79 Å². The summed E-state index contributed by atoms with van der Waals surface area (Å²) in [6.07, 6.45) is 8.67. The molecule has 0 bridgehead atoms. The van der Waals surface area contributed by atoms with Crippen molar-refractivity contribution < 1.29 is 0 Å². The van der Waals surface area contributed by atoms with Gasteiger partial charge in [-0.25, -0.2) is 4.68 Å². The molecule has 1 N–H and O–H groups in total. The van der Waals surface area contributed by atoms with Crippen LogP contribution >= 0.6 is 0 Å². The zero-order valence-corrected chi connectivity index (χ0v) is 12.5. The van der Waals surface area contributed by atoms with Gasteiger partial charge in [0.05, 0.1) is 16.6 Å². The number of fused-ring (bicyclic) bond motifs is 3.